The highest BCUT2D eigenvalue weighted by Crippen LogP contribution is 2.26. The van der Waals surface area contributed by atoms with E-state index in [4.69, 9.17) is 14.0 Å². The van der Waals surface area contributed by atoms with Gasteiger partial charge in [0, 0.05) is 44.6 Å². The Hall–Kier alpha value is -2.33. The van der Waals surface area contributed by atoms with E-state index in [2.05, 4.69) is 15.5 Å². The summed E-state index contributed by atoms with van der Waals surface area (Å²) < 4.78 is 15.9. The number of rotatable bonds is 10. The van der Waals surface area contributed by atoms with Gasteiger partial charge in [-0.1, -0.05) is 25.9 Å². The van der Waals surface area contributed by atoms with E-state index in [1.54, 1.807) is 4.90 Å². The van der Waals surface area contributed by atoms with Crippen molar-refractivity contribution in [1.82, 2.24) is 20.4 Å². The van der Waals surface area contributed by atoms with Crippen molar-refractivity contribution in [3.63, 3.8) is 0 Å². The number of amides is 2. The number of morpholine rings is 1. The molecular formula is C23H36N4O6. The van der Waals surface area contributed by atoms with Crippen LogP contribution in [0, 0.1) is 11.8 Å². The SMILES string of the molecule is CC[C@H](NC(=O)[C@@H](CC(=O)N1CCOCC1)CC1CCOCC1)C(=O)c1noc(C(C)C)n1. The Labute approximate surface area is 194 Å². The Morgan fingerprint density at radius 1 is 1.09 bits per heavy atom. The molecule has 1 N–H and O–H groups in total. The zero-order valence-electron chi connectivity index (χ0n) is 19.9. The number of aromatic nitrogens is 2. The Kier molecular flexibility index (Phi) is 9.37. The van der Waals surface area contributed by atoms with Crippen LogP contribution < -0.4 is 5.32 Å². The molecule has 0 bridgehead atoms. The van der Waals surface area contributed by atoms with Crippen LogP contribution in [-0.4, -0.2) is 78.2 Å². The summed E-state index contributed by atoms with van der Waals surface area (Å²) >= 11 is 0. The Balaban J connectivity index is 1.68. The minimum atomic E-state index is -0.772. The molecule has 2 saturated heterocycles. The van der Waals surface area contributed by atoms with Gasteiger partial charge in [0.05, 0.1) is 19.3 Å². The normalized spacial score (nSPS) is 19.3. The van der Waals surface area contributed by atoms with Crippen LogP contribution >= 0.6 is 0 Å². The quantitative estimate of drug-likeness (QED) is 0.521. The number of nitrogens with zero attached hydrogens (tertiary/aromatic N) is 3. The van der Waals surface area contributed by atoms with Gasteiger partial charge in [-0.25, -0.2) is 0 Å². The summed E-state index contributed by atoms with van der Waals surface area (Å²) in [5.41, 5.74) is 0. The summed E-state index contributed by atoms with van der Waals surface area (Å²) in [5, 5.41) is 6.65. The Morgan fingerprint density at radius 2 is 1.76 bits per heavy atom. The molecule has 0 aliphatic carbocycles. The number of carbonyl (C=O) groups excluding carboxylic acids is 3. The largest absolute Gasteiger partial charge is 0.381 e. The smallest absolute Gasteiger partial charge is 0.240 e. The van der Waals surface area contributed by atoms with Gasteiger partial charge in [0.25, 0.3) is 0 Å². The van der Waals surface area contributed by atoms with Gasteiger partial charge in [0.2, 0.25) is 29.3 Å². The number of ketones is 1. The molecule has 2 amide bonds. The second-order valence-electron chi connectivity index (χ2n) is 9.13. The predicted octanol–water partition coefficient (Wildman–Crippen LogP) is 1.95. The van der Waals surface area contributed by atoms with Crippen LogP contribution in [0.15, 0.2) is 4.52 Å². The van der Waals surface area contributed by atoms with Gasteiger partial charge in [0.1, 0.15) is 0 Å². The van der Waals surface area contributed by atoms with Crippen LogP contribution in [0.1, 0.15) is 75.3 Å². The highest BCUT2D eigenvalue weighted by Gasteiger charge is 2.32. The van der Waals surface area contributed by atoms with Crippen molar-refractivity contribution in [1.29, 1.82) is 0 Å². The molecule has 2 atom stereocenters. The fourth-order valence-corrected chi connectivity index (χ4v) is 4.19. The first-order chi connectivity index (χ1) is 15.9. The van der Waals surface area contributed by atoms with E-state index in [0.717, 1.165) is 12.8 Å². The van der Waals surface area contributed by atoms with Crippen molar-refractivity contribution in [2.24, 2.45) is 11.8 Å². The van der Waals surface area contributed by atoms with E-state index in [1.165, 1.54) is 0 Å². The number of ether oxygens (including phenoxy) is 2. The van der Waals surface area contributed by atoms with Crippen molar-refractivity contribution in [2.75, 3.05) is 39.5 Å². The van der Waals surface area contributed by atoms with Gasteiger partial charge in [-0.05, 0) is 31.6 Å². The Bertz CT molecular complexity index is 799. The number of carbonyl (C=O) groups is 3. The van der Waals surface area contributed by atoms with Crippen molar-refractivity contribution in [2.45, 2.75) is 64.8 Å². The maximum absolute atomic E-state index is 13.3. The third-order valence-corrected chi connectivity index (χ3v) is 6.31. The van der Waals surface area contributed by atoms with Crippen molar-refractivity contribution < 1.29 is 28.4 Å². The summed E-state index contributed by atoms with van der Waals surface area (Å²) in [6, 6.07) is -0.772. The van der Waals surface area contributed by atoms with E-state index >= 15 is 0 Å². The van der Waals surface area contributed by atoms with E-state index < -0.39 is 12.0 Å². The van der Waals surface area contributed by atoms with Crippen molar-refractivity contribution >= 4 is 17.6 Å². The van der Waals surface area contributed by atoms with E-state index in [9.17, 15) is 14.4 Å². The standard InChI is InChI=1S/C23H36N4O6/c1-4-18(20(29)21-25-23(15(2)3)33-26-21)24-22(30)17(13-16-5-9-31-10-6-16)14-19(28)27-7-11-32-12-8-27/h15-18H,4-14H2,1-3H3,(H,24,30)/t17-,18+/m1/s1. The van der Waals surface area contributed by atoms with Gasteiger partial charge in [0.15, 0.2) is 0 Å². The lowest BCUT2D eigenvalue weighted by molar-refractivity contribution is -0.140. The van der Waals surface area contributed by atoms with Crippen LogP contribution in [0.25, 0.3) is 0 Å². The number of Topliss-reactive ketones (excluding diaryl/α,β-unsaturated/α-hetero) is 1. The monoisotopic (exact) mass is 464 g/mol. The second-order valence-corrected chi connectivity index (χ2v) is 9.13. The summed E-state index contributed by atoms with van der Waals surface area (Å²) in [7, 11) is 0. The van der Waals surface area contributed by atoms with Crippen molar-refractivity contribution in [3.05, 3.63) is 11.7 Å². The summed E-state index contributed by atoms with van der Waals surface area (Å²) in [6.45, 7) is 9.05. The average Bonchev–Trinajstić information content (AvgIpc) is 3.33. The number of hydrogen-bond acceptors (Lipinski definition) is 8. The molecule has 0 radical (unpaired) electrons. The third-order valence-electron chi connectivity index (χ3n) is 6.31. The molecule has 0 saturated carbocycles. The Morgan fingerprint density at radius 3 is 2.36 bits per heavy atom. The molecule has 2 aliphatic rings. The lowest BCUT2D eigenvalue weighted by Gasteiger charge is -2.30. The summed E-state index contributed by atoms with van der Waals surface area (Å²) in [6.07, 6.45) is 2.83. The topological polar surface area (TPSA) is 124 Å². The van der Waals surface area contributed by atoms with Gasteiger partial charge in [-0.3, -0.25) is 14.4 Å². The third kappa shape index (κ3) is 7.07. The first kappa shape index (κ1) is 25.3. The highest BCUT2D eigenvalue weighted by molar-refractivity contribution is 5.99. The fraction of sp³-hybridized carbons (Fsp3) is 0.783. The molecule has 0 aromatic carbocycles. The summed E-state index contributed by atoms with van der Waals surface area (Å²) in [5.74, 6) is -0.560. The minimum absolute atomic E-state index is 0.00349. The molecule has 0 unspecified atom stereocenters. The molecule has 2 fully saturated rings. The number of nitrogens with one attached hydrogen (secondary N) is 1. The first-order valence-corrected chi connectivity index (χ1v) is 12.0. The molecule has 3 heterocycles. The second kappa shape index (κ2) is 12.2. The fourth-order valence-electron chi connectivity index (χ4n) is 4.19. The molecule has 33 heavy (non-hydrogen) atoms. The average molecular weight is 465 g/mol. The predicted molar refractivity (Wildman–Crippen MR) is 119 cm³/mol. The van der Waals surface area contributed by atoms with Gasteiger partial charge in [-0.2, -0.15) is 4.98 Å². The molecule has 0 spiro atoms. The summed E-state index contributed by atoms with van der Waals surface area (Å²) in [4.78, 5) is 45.0. The molecule has 2 aliphatic heterocycles. The number of hydrogen-bond donors (Lipinski definition) is 1. The molecule has 1 aromatic rings. The zero-order chi connectivity index (χ0) is 23.8. The van der Waals surface area contributed by atoms with E-state index in [-0.39, 0.29) is 35.8 Å². The maximum atomic E-state index is 13.3. The van der Waals surface area contributed by atoms with Crippen LogP contribution in [0.2, 0.25) is 0 Å². The van der Waals surface area contributed by atoms with Gasteiger partial charge >= 0.3 is 0 Å². The molecule has 1 aromatic heterocycles. The van der Waals surface area contributed by atoms with Crippen LogP contribution in [0.3, 0.4) is 0 Å². The molecule has 10 nitrogen and oxygen atoms in total. The lowest BCUT2D eigenvalue weighted by Crippen LogP contribution is -2.46. The molecule has 10 heteroatoms. The van der Waals surface area contributed by atoms with Gasteiger partial charge < -0.3 is 24.2 Å². The van der Waals surface area contributed by atoms with E-state index in [1.807, 2.05) is 20.8 Å². The zero-order valence-corrected chi connectivity index (χ0v) is 19.9. The van der Waals surface area contributed by atoms with E-state index in [0.29, 0.717) is 64.2 Å². The molecule has 184 valence electrons. The molecular weight excluding hydrogens is 428 g/mol. The van der Waals surface area contributed by atoms with Gasteiger partial charge in [-0.15, -0.1) is 0 Å². The van der Waals surface area contributed by atoms with Crippen molar-refractivity contribution in [3.8, 4) is 0 Å². The van der Waals surface area contributed by atoms with Crippen LogP contribution in [-0.2, 0) is 19.1 Å². The lowest BCUT2D eigenvalue weighted by atomic mass is 9.86. The minimum Gasteiger partial charge on any atom is -0.381 e. The molecule has 3 rings (SSSR count). The highest BCUT2D eigenvalue weighted by atomic mass is 16.5. The maximum Gasteiger partial charge on any atom is 0.240 e. The van der Waals surface area contributed by atoms with Crippen LogP contribution in [0.4, 0.5) is 0 Å². The first-order valence-electron chi connectivity index (χ1n) is 12.0. The van der Waals surface area contributed by atoms with Crippen LogP contribution in [0.5, 0.6) is 0 Å².